The maximum absolute atomic E-state index is 5.99. The molecule has 1 aromatic heterocycles. The lowest BCUT2D eigenvalue weighted by Crippen LogP contribution is -2.38. The number of rotatable bonds is 3. The van der Waals surface area contributed by atoms with Gasteiger partial charge in [-0.15, -0.1) is 5.10 Å². The minimum atomic E-state index is 0.540. The van der Waals surface area contributed by atoms with Crippen molar-refractivity contribution in [2.75, 3.05) is 50.1 Å². The molecule has 23 heavy (non-hydrogen) atoms. The van der Waals surface area contributed by atoms with Crippen LogP contribution in [0.4, 0.5) is 11.7 Å². The summed E-state index contributed by atoms with van der Waals surface area (Å²) in [6.07, 6.45) is 2.38. The minimum absolute atomic E-state index is 0.540. The van der Waals surface area contributed by atoms with Crippen molar-refractivity contribution in [2.24, 2.45) is 0 Å². The van der Waals surface area contributed by atoms with Crippen LogP contribution in [0.2, 0.25) is 0 Å². The molecule has 3 saturated heterocycles. The van der Waals surface area contributed by atoms with E-state index in [0.29, 0.717) is 17.9 Å². The van der Waals surface area contributed by atoms with Crippen LogP contribution in [0.25, 0.3) is 11.5 Å². The van der Waals surface area contributed by atoms with E-state index in [1.54, 1.807) is 0 Å². The molecule has 6 heteroatoms. The minimum Gasteiger partial charge on any atom is -0.403 e. The SMILES string of the molecule is CN(C)c1ccc(-c2nnc(N3CCN4CCC3CC4)o2)cc1. The smallest absolute Gasteiger partial charge is 0.318 e. The van der Waals surface area contributed by atoms with Gasteiger partial charge in [-0.1, -0.05) is 5.10 Å². The lowest BCUT2D eigenvalue weighted by Gasteiger charge is -2.29. The average Bonchev–Trinajstić information content (AvgIpc) is 2.87. The molecule has 2 aromatic rings. The molecular weight excluding hydrogens is 290 g/mol. The highest BCUT2D eigenvalue weighted by Crippen LogP contribution is 2.29. The molecule has 0 unspecified atom stereocenters. The number of fused-ring (bicyclic) bond motifs is 4. The van der Waals surface area contributed by atoms with Crippen LogP contribution in [0.1, 0.15) is 12.8 Å². The highest BCUT2D eigenvalue weighted by Gasteiger charge is 2.31. The molecule has 3 aliphatic rings. The zero-order valence-electron chi connectivity index (χ0n) is 13.8. The lowest BCUT2D eigenvalue weighted by molar-refractivity contribution is 0.249. The molecule has 1 aromatic carbocycles. The van der Waals surface area contributed by atoms with Crippen LogP contribution in [-0.4, -0.2) is 61.4 Å². The maximum atomic E-state index is 5.99. The quantitative estimate of drug-likeness (QED) is 0.865. The third kappa shape index (κ3) is 2.79. The Kier molecular flexibility index (Phi) is 3.69. The van der Waals surface area contributed by atoms with Gasteiger partial charge in [0.05, 0.1) is 0 Å². The topological polar surface area (TPSA) is 48.6 Å². The fourth-order valence-corrected chi connectivity index (χ4v) is 3.49. The first kappa shape index (κ1) is 14.5. The molecule has 0 saturated carbocycles. The summed E-state index contributed by atoms with van der Waals surface area (Å²) in [5, 5.41) is 8.58. The van der Waals surface area contributed by atoms with Gasteiger partial charge >= 0.3 is 6.01 Å². The van der Waals surface area contributed by atoms with Crippen molar-refractivity contribution in [3.05, 3.63) is 24.3 Å². The molecule has 3 aliphatic heterocycles. The number of nitrogens with zero attached hydrogens (tertiary/aromatic N) is 5. The van der Waals surface area contributed by atoms with E-state index in [1.165, 1.54) is 25.9 Å². The Bertz CT molecular complexity index is 658. The van der Waals surface area contributed by atoms with Crippen LogP contribution in [0.5, 0.6) is 0 Å². The van der Waals surface area contributed by atoms with E-state index in [2.05, 4.69) is 37.0 Å². The fourth-order valence-electron chi connectivity index (χ4n) is 3.49. The molecule has 4 heterocycles. The molecular formula is C17H23N5O. The second-order valence-corrected chi connectivity index (χ2v) is 6.60. The molecule has 0 radical (unpaired) electrons. The number of hydrogen-bond acceptors (Lipinski definition) is 6. The zero-order valence-corrected chi connectivity index (χ0v) is 13.8. The van der Waals surface area contributed by atoms with Crippen LogP contribution in [0.15, 0.2) is 28.7 Å². The van der Waals surface area contributed by atoms with E-state index in [4.69, 9.17) is 4.42 Å². The van der Waals surface area contributed by atoms with Crippen molar-refractivity contribution in [2.45, 2.75) is 18.9 Å². The average molecular weight is 313 g/mol. The first-order valence-electron chi connectivity index (χ1n) is 8.31. The van der Waals surface area contributed by atoms with Crippen molar-refractivity contribution in [1.82, 2.24) is 15.1 Å². The van der Waals surface area contributed by atoms with Crippen molar-refractivity contribution in [3.8, 4) is 11.5 Å². The first-order chi connectivity index (χ1) is 11.2. The molecule has 0 aliphatic carbocycles. The van der Waals surface area contributed by atoms with Crippen molar-refractivity contribution >= 4 is 11.7 Å². The Hall–Kier alpha value is -2.08. The molecule has 2 bridgehead atoms. The number of benzene rings is 1. The van der Waals surface area contributed by atoms with Crippen molar-refractivity contribution in [3.63, 3.8) is 0 Å². The number of piperidine rings is 1. The van der Waals surface area contributed by atoms with E-state index in [9.17, 15) is 0 Å². The Morgan fingerprint density at radius 2 is 1.74 bits per heavy atom. The first-order valence-corrected chi connectivity index (χ1v) is 8.31. The Morgan fingerprint density at radius 3 is 2.43 bits per heavy atom. The molecule has 5 rings (SSSR count). The largest absolute Gasteiger partial charge is 0.403 e. The van der Waals surface area contributed by atoms with Gasteiger partial charge in [0.1, 0.15) is 0 Å². The van der Waals surface area contributed by atoms with Crippen LogP contribution in [0, 0.1) is 0 Å². The maximum Gasteiger partial charge on any atom is 0.318 e. The summed E-state index contributed by atoms with van der Waals surface area (Å²) in [4.78, 5) is 6.90. The van der Waals surface area contributed by atoms with Crippen LogP contribution in [0.3, 0.4) is 0 Å². The number of aromatic nitrogens is 2. The van der Waals surface area contributed by atoms with Gasteiger partial charge < -0.3 is 19.1 Å². The van der Waals surface area contributed by atoms with Gasteiger partial charge in [0.25, 0.3) is 0 Å². The monoisotopic (exact) mass is 313 g/mol. The third-order valence-electron chi connectivity index (χ3n) is 4.95. The van der Waals surface area contributed by atoms with Gasteiger partial charge in [-0.05, 0) is 37.1 Å². The third-order valence-corrected chi connectivity index (χ3v) is 4.95. The van der Waals surface area contributed by atoms with Gasteiger partial charge in [0.2, 0.25) is 5.89 Å². The van der Waals surface area contributed by atoms with E-state index in [1.807, 2.05) is 26.2 Å². The Morgan fingerprint density at radius 1 is 1.00 bits per heavy atom. The summed E-state index contributed by atoms with van der Waals surface area (Å²) in [6.45, 7) is 4.44. The highest BCUT2D eigenvalue weighted by atomic mass is 16.4. The molecule has 3 fully saturated rings. The Balaban J connectivity index is 1.56. The summed E-state index contributed by atoms with van der Waals surface area (Å²) in [6, 6.07) is 9.42. The standard InChI is InChI=1S/C17H23N5O/c1-20(2)14-5-3-13(4-6-14)16-18-19-17(23-16)22-12-11-21-9-7-15(22)8-10-21/h3-6,15H,7-12H2,1-2H3. The van der Waals surface area contributed by atoms with E-state index in [0.717, 1.165) is 24.3 Å². The van der Waals surface area contributed by atoms with Crippen LogP contribution < -0.4 is 9.80 Å². The van der Waals surface area contributed by atoms with E-state index in [-0.39, 0.29) is 0 Å². The normalized spacial score (nSPS) is 23.8. The van der Waals surface area contributed by atoms with E-state index < -0.39 is 0 Å². The fraction of sp³-hybridized carbons (Fsp3) is 0.529. The molecule has 6 nitrogen and oxygen atoms in total. The van der Waals surface area contributed by atoms with Gasteiger partial charge in [-0.25, -0.2) is 0 Å². The molecule has 0 amide bonds. The predicted molar refractivity (Wildman–Crippen MR) is 90.9 cm³/mol. The molecule has 0 atom stereocenters. The number of anilines is 2. The molecule has 0 spiro atoms. The second-order valence-electron chi connectivity index (χ2n) is 6.60. The van der Waals surface area contributed by atoms with Crippen LogP contribution >= 0.6 is 0 Å². The summed E-state index contributed by atoms with van der Waals surface area (Å²) >= 11 is 0. The van der Waals surface area contributed by atoms with Gasteiger partial charge in [0.15, 0.2) is 0 Å². The van der Waals surface area contributed by atoms with Gasteiger partial charge in [0, 0.05) is 57.6 Å². The lowest BCUT2D eigenvalue weighted by atomic mass is 10.1. The highest BCUT2D eigenvalue weighted by molar-refractivity contribution is 5.59. The van der Waals surface area contributed by atoms with Crippen molar-refractivity contribution in [1.29, 1.82) is 0 Å². The number of hydrogen-bond donors (Lipinski definition) is 0. The second kappa shape index (κ2) is 5.85. The van der Waals surface area contributed by atoms with Gasteiger partial charge in [-0.3, -0.25) is 0 Å². The summed E-state index contributed by atoms with van der Waals surface area (Å²) in [7, 11) is 4.06. The van der Waals surface area contributed by atoms with E-state index >= 15 is 0 Å². The van der Waals surface area contributed by atoms with Crippen LogP contribution in [-0.2, 0) is 0 Å². The summed E-state index contributed by atoms with van der Waals surface area (Å²) in [5.74, 6) is 0.601. The molecule has 122 valence electrons. The predicted octanol–water partition coefficient (Wildman–Crippen LogP) is 2.09. The van der Waals surface area contributed by atoms with Crippen molar-refractivity contribution < 1.29 is 4.42 Å². The summed E-state index contributed by atoms with van der Waals surface area (Å²) in [5.41, 5.74) is 2.13. The Labute approximate surface area is 136 Å². The zero-order chi connectivity index (χ0) is 15.8. The summed E-state index contributed by atoms with van der Waals surface area (Å²) < 4.78 is 5.99. The molecule has 0 N–H and O–H groups in total. The van der Waals surface area contributed by atoms with Gasteiger partial charge in [-0.2, -0.15) is 0 Å².